The average Bonchev–Trinajstić information content (AvgIpc) is 2.83. The molecule has 0 radical (unpaired) electrons. The van der Waals surface area contributed by atoms with E-state index in [2.05, 4.69) is 32.9 Å². The van der Waals surface area contributed by atoms with E-state index in [4.69, 9.17) is 0 Å². The van der Waals surface area contributed by atoms with Crippen LogP contribution in [0.1, 0.15) is 201 Å². The predicted molar refractivity (Wildman–Crippen MR) is 159 cm³/mol. The Morgan fingerprint density at radius 3 is 0.912 bits per heavy atom. The first-order valence-corrected chi connectivity index (χ1v) is 16.4. The van der Waals surface area contributed by atoms with Crippen LogP contribution >= 0.6 is 0 Å². The Bertz CT molecular complexity index is 366. The van der Waals surface area contributed by atoms with Crippen LogP contribution in [-0.4, -0.2) is 0 Å². The topological polar surface area (TPSA) is 0 Å². The molecule has 0 aromatic rings. The van der Waals surface area contributed by atoms with Gasteiger partial charge in [-0.25, -0.2) is 0 Å². The van der Waals surface area contributed by atoms with Crippen LogP contribution in [0.15, 0.2) is 12.2 Å². The molecule has 0 aromatic heterocycles. The first-order chi connectivity index (χ1) is 16.8. The minimum absolute atomic E-state index is 0.892. The van der Waals surface area contributed by atoms with Crippen molar-refractivity contribution in [3.05, 3.63) is 12.2 Å². The smallest absolute Gasteiger partial charge is 0.0351 e. The Balaban J connectivity index is 3.08. The monoisotopic (exact) mass is 477 g/mol. The SMILES string of the molecule is CCCCCCCCCCCCCCCCCCC=CCCCCCCCCCCCC(C)C. The van der Waals surface area contributed by atoms with E-state index in [0.717, 1.165) is 5.92 Å². The highest BCUT2D eigenvalue weighted by atomic mass is 14.0. The van der Waals surface area contributed by atoms with Gasteiger partial charge < -0.3 is 0 Å². The van der Waals surface area contributed by atoms with Gasteiger partial charge in [0.25, 0.3) is 0 Å². The van der Waals surface area contributed by atoms with Gasteiger partial charge in [-0.05, 0) is 31.6 Å². The van der Waals surface area contributed by atoms with Gasteiger partial charge in [-0.15, -0.1) is 0 Å². The number of hydrogen-bond donors (Lipinski definition) is 0. The maximum atomic E-state index is 2.46. The highest BCUT2D eigenvalue weighted by Gasteiger charge is 1.96. The lowest BCUT2D eigenvalue weighted by molar-refractivity contribution is 0.506. The third-order valence-electron chi connectivity index (χ3n) is 7.54. The van der Waals surface area contributed by atoms with E-state index < -0.39 is 0 Å². The first kappa shape index (κ1) is 33.7. The molecule has 0 saturated heterocycles. The van der Waals surface area contributed by atoms with Crippen LogP contribution in [-0.2, 0) is 0 Å². The minimum atomic E-state index is 0.892. The van der Waals surface area contributed by atoms with Gasteiger partial charge in [0.05, 0.1) is 0 Å². The zero-order chi connectivity index (χ0) is 24.8. The molecule has 0 saturated carbocycles. The Morgan fingerprint density at radius 2 is 0.618 bits per heavy atom. The highest BCUT2D eigenvalue weighted by Crippen LogP contribution is 2.15. The zero-order valence-electron chi connectivity index (χ0n) is 24.5. The van der Waals surface area contributed by atoms with Gasteiger partial charge in [-0.1, -0.05) is 187 Å². The summed E-state index contributed by atoms with van der Waals surface area (Å²) in [5, 5.41) is 0. The molecular weight excluding hydrogens is 408 g/mol. The molecular formula is C34H68. The Hall–Kier alpha value is -0.260. The molecule has 204 valence electrons. The van der Waals surface area contributed by atoms with E-state index in [-0.39, 0.29) is 0 Å². The molecule has 0 aliphatic rings. The second-order valence-electron chi connectivity index (χ2n) is 11.7. The molecule has 0 rings (SSSR count). The van der Waals surface area contributed by atoms with Gasteiger partial charge in [0.2, 0.25) is 0 Å². The van der Waals surface area contributed by atoms with Gasteiger partial charge in [0, 0.05) is 0 Å². The Labute approximate surface area is 218 Å². The molecule has 0 bridgehead atoms. The van der Waals surface area contributed by atoms with Crippen LogP contribution in [0.2, 0.25) is 0 Å². The summed E-state index contributed by atoms with van der Waals surface area (Å²) in [5.41, 5.74) is 0. The van der Waals surface area contributed by atoms with E-state index in [0.29, 0.717) is 0 Å². The Morgan fingerprint density at radius 1 is 0.353 bits per heavy atom. The quantitative estimate of drug-likeness (QED) is 0.0743. The van der Waals surface area contributed by atoms with Crippen LogP contribution in [0.25, 0.3) is 0 Å². The third-order valence-corrected chi connectivity index (χ3v) is 7.54. The number of unbranched alkanes of at least 4 members (excludes halogenated alkanes) is 25. The molecule has 0 nitrogen and oxygen atoms in total. The van der Waals surface area contributed by atoms with Crippen molar-refractivity contribution in [2.45, 2.75) is 201 Å². The van der Waals surface area contributed by atoms with Crippen molar-refractivity contribution in [1.82, 2.24) is 0 Å². The highest BCUT2D eigenvalue weighted by molar-refractivity contribution is 4.81. The normalized spacial score (nSPS) is 11.9. The van der Waals surface area contributed by atoms with Crippen molar-refractivity contribution in [3.63, 3.8) is 0 Å². The minimum Gasteiger partial charge on any atom is -0.0885 e. The number of rotatable bonds is 29. The van der Waals surface area contributed by atoms with E-state index >= 15 is 0 Å². The lowest BCUT2D eigenvalue weighted by Crippen LogP contribution is -1.87. The molecule has 0 spiro atoms. The van der Waals surface area contributed by atoms with Gasteiger partial charge in [0.15, 0.2) is 0 Å². The summed E-state index contributed by atoms with van der Waals surface area (Å²) < 4.78 is 0. The van der Waals surface area contributed by atoms with Gasteiger partial charge in [-0.2, -0.15) is 0 Å². The van der Waals surface area contributed by atoms with Crippen LogP contribution in [0.5, 0.6) is 0 Å². The fourth-order valence-electron chi connectivity index (χ4n) is 5.10. The van der Waals surface area contributed by atoms with Crippen molar-refractivity contribution in [2.75, 3.05) is 0 Å². The fraction of sp³-hybridized carbons (Fsp3) is 0.941. The van der Waals surface area contributed by atoms with Crippen LogP contribution in [0.4, 0.5) is 0 Å². The summed E-state index contributed by atoms with van der Waals surface area (Å²) in [6.07, 6.45) is 45.4. The summed E-state index contributed by atoms with van der Waals surface area (Å²) >= 11 is 0. The van der Waals surface area contributed by atoms with Crippen LogP contribution in [0.3, 0.4) is 0 Å². The van der Waals surface area contributed by atoms with Crippen LogP contribution < -0.4 is 0 Å². The molecule has 0 heteroatoms. The molecule has 0 aliphatic heterocycles. The summed E-state index contributed by atoms with van der Waals surface area (Å²) in [4.78, 5) is 0. The predicted octanol–water partition coefficient (Wildman–Crippen LogP) is 13.1. The van der Waals surface area contributed by atoms with Gasteiger partial charge >= 0.3 is 0 Å². The maximum absolute atomic E-state index is 2.46. The fourth-order valence-corrected chi connectivity index (χ4v) is 5.10. The second kappa shape index (κ2) is 30.8. The molecule has 0 unspecified atom stereocenters. The molecule has 0 fully saturated rings. The second-order valence-corrected chi connectivity index (χ2v) is 11.7. The average molecular weight is 477 g/mol. The molecule has 0 N–H and O–H groups in total. The summed E-state index contributed by atoms with van der Waals surface area (Å²) in [6.45, 7) is 6.99. The lowest BCUT2D eigenvalue weighted by Gasteiger charge is -2.04. The van der Waals surface area contributed by atoms with Crippen molar-refractivity contribution in [2.24, 2.45) is 5.92 Å². The molecule has 0 amide bonds. The number of allylic oxidation sites excluding steroid dienone is 2. The zero-order valence-corrected chi connectivity index (χ0v) is 24.5. The van der Waals surface area contributed by atoms with Crippen molar-refractivity contribution in [3.8, 4) is 0 Å². The maximum Gasteiger partial charge on any atom is -0.0351 e. The molecule has 0 aliphatic carbocycles. The van der Waals surface area contributed by atoms with Gasteiger partial charge in [-0.3, -0.25) is 0 Å². The van der Waals surface area contributed by atoms with E-state index in [1.54, 1.807) is 0 Å². The Kier molecular flexibility index (Phi) is 30.5. The summed E-state index contributed by atoms with van der Waals surface area (Å²) in [5.74, 6) is 0.892. The number of hydrogen-bond acceptors (Lipinski definition) is 0. The third kappa shape index (κ3) is 31.7. The summed E-state index contributed by atoms with van der Waals surface area (Å²) in [7, 11) is 0. The van der Waals surface area contributed by atoms with E-state index in [9.17, 15) is 0 Å². The van der Waals surface area contributed by atoms with E-state index in [1.807, 2.05) is 0 Å². The molecule has 34 heavy (non-hydrogen) atoms. The lowest BCUT2D eigenvalue weighted by atomic mass is 10.0. The van der Waals surface area contributed by atoms with E-state index in [1.165, 1.54) is 180 Å². The first-order valence-electron chi connectivity index (χ1n) is 16.4. The largest absolute Gasteiger partial charge is 0.0885 e. The van der Waals surface area contributed by atoms with Crippen LogP contribution in [0, 0.1) is 5.92 Å². The molecule has 0 heterocycles. The standard InChI is InChI=1S/C34H68/c1-4-5-6-7-8-9-10-11-12-13-14-15-16-17-18-19-20-21-22-23-24-25-26-27-28-29-30-31-32-33-34(2)3/h21-22,34H,4-20,23-33H2,1-3H3. The molecule has 0 atom stereocenters. The van der Waals surface area contributed by atoms with Gasteiger partial charge in [0.1, 0.15) is 0 Å². The van der Waals surface area contributed by atoms with Crippen molar-refractivity contribution < 1.29 is 0 Å². The molecule has 0 aromatic carbocycles. The van der Waals surface area contributed by atoms with Crippen molar-refractivity contribution >= 4 is 0 Å². The summed E-state index contributed by atoms with van der Waals surface area (Å²) in [6, 6.07) is 0. The van der Waals surface area contributed by atoms with Crippen molar-refractivity contribution in [1.29, 1.82) is 0 Å².